The van der Waals surface area contributed by atoms with E-state index in [-0.39, 0.29) is 5.75 Å². The fourth-order valence-corrected chi connectivity index (χ4v) is 2.53. The second kappa shape index (κ2) is 7.00. The summed E-state index contributed by atoms with van der Waals surface area (Å²) in [7, 11) is 1.51. The molecule has 0 fully saturated rings. The van der Waals surface area contributed by atoms with E-state index < -0.39 is 0 Å². The fraction of sp³-hybridized carbons (Fsp3) is 0.133. The number of hydrazone groups is 1. The molecule has 2 aromatic rings. The standard InChI is InChI=1S/C15H14ClIN2O2/c1-9-11(16)4-3-5-13(9)19-18-8-10-6-12(17)15(20)14(7-10)21-2/h3-8,19-20H,1-2H3. The van der Waals surface area contributed by atoms with Crippen LogP contribution in [0, 0.1) is 10.5 Å². The third kappa shape index (κ3) is 3.79. The number of aromatic hydroxyl groups is 1. The third-order valence-corrected chi connectivity index (χ3v) is 4.17. The van der Waals surface area contributed by atoms with Gasteiger partial charge in [-0.05, 0) is 64.9 Å². The summed E-state index contributed by atoms with van der Waals surface area (Å²) in [6.07, 6.45) is 1.66. The fourth-order valence-electron chi connectivity index (χ4n) is 1.73. The Kier molecular flexibility index (Phi) is 5.30. The molecule has 4 nitrogen and oxygen atoms in total. The molecule has 0 radical (unpaired) electrons. The van der Waals surface area contributed by atoms with Gasteiger partial charge < -0.3 is 9.84 Å². The Labute approximate surface area is 141 Å². The molecule has 0 amide bonds. The molecule has 6 heteroatoms. The van der Waals surface area contributed by atoms with Gasteiger partial charge in [0.05, 0.1) is 22.6 Å². The number of phenols is 1. The Morgan fingerprint density at radius 2 is 2.14 bits per heavy atom. The number of methoxy groups -OCH3 is 1. The van der Waals surface area contributed by atoms with E-state index in [1.807, 2.05) is 53.8 Å². The van der Waals surface area contributed by atoms with Gasteiger partial charge in [-0.2, -0.15) is 5.10 Å². The minimum absolute atomic E-state index is 0.133. The lowest BCUT2D eigenvalue weighted by Gasteiger charge is -2.07. The molecular weight excluding hydrogens is 403 g/mol. The lowest BCUT2D eigenvalue weighted by Crippen LogP contribution is -1.95. The highest BCUT2D eigenvalue weighted by atomic mass is 127. The van der Waals surface area contributed by atoms with E-state index >= 15 is 0 Å². The zero-order chi connectivity index (χ0) is 15.4. The minimum Gasteiger partial charge on any atom is -0.504 e. The van der Waals surface area contributed by atoms with E-state index in [1.54, 1.807) is 12.3 Å². The molecule has 21 heavy (non-hydrogen) atoms. The van der Waals surface area contributed by atoms with Gasteiger partial charge in [0, 0.05) is 5.02 Å². The molecule has 110 valence electrons. The zero-order valence-electron chi connectivity index (χ0n) is 11.5. The second-order valence-electron chi connectivity index (χ2n) is 4.34. The summed E-state index contributed by atoms with van der Waals surface area (Å²) in [5.41, 5.74) is 5.56. The average Bonchev–Trinajstić information content (AvgIpc) is 2.47. The van der Waals surface area contributed by atoms with Crippen LogP contribution in [0.25, 0.3) is 0 Å². The van der Waals surface area contributed by atoms with E-state index in [0.29, 0.717) is 14.3 Å². The topological polar surface area (TPSA) is 53.8 Å². The summed E-state index contributed by atoms with van der Waals surface area (Å²) in [5.74, 6) is 0.552. The van der Waals surface area contributed by atoms with Gasteiger partial charge in [0.1, 0.15) is 0 Å². The SMILES string of the molecule is COc1cc(C=NNc2cccc(Cl)c2C)cc(I)c1O. The van der Waals surface area contributed by atoms with Crippen LogP contribution in [0.5, 0.6) is 11.5 Å². The van der Waals surface area contributed by atoms with Gasteiger partial charge in [-0.3, -0.25) is 5.43 Å². The number of anilines is 1. The smallest absolute Gasteiger partial charge is 0.171 e. The van der Waals surface area contributed by atoms with Crippen LogP contribution in [-0.4, -0.2) is 18.4 Å². The number of nitrogens with one attached hydrogen (secondary N) is 1. The molecule has 0 bridgehead atoms. The number of benzene rings is 2. The first kappa shape index (κ1) is 15.9. The molecule has 0 heterocycles. The monoisotopic (exact) mass is 416 g/mol. The Morgan fingerprint density at radius 3 is 2.86 bits per heavy atom. The lowest BCUT2D eigenvalue weighted by molar-refractivity contribution is 0.371. The summed E-state index contributed by atoms with van der Waals surface area (Å²) in [5, 5.41) is 14.7. The van der Waals surface area contributed by atoms with Crippen molar-refractivity contribution >= 4 is 46.1 Å². The van der Waals surface area contributed by atoms with Crippen LogP contribution in [0.3, 0.4) is 0 Å². The molecule has 0 aliphatic rings. The molecule has 2 N–H and O–H groups in total. The number of halogens is 2. The molecular formula is C15H14ClIN2O2. The molecule has 0 saturated heterocycles. The Bertz CT molecular complexity index is 690. The predicted molar refractivity (Wildman–Crippen MR) is 94.8 cm³/mol. The largest absolute Gasteiger partial charge is 0.504 e. The van der Waals surface area contributed by atoms with Crippen LogP contribution in [-0.2, 0) is 0 Å². The number of phenolic OH excluding ortho intramolecular Hbond substituents is 1. The molecule has 2 rings (SSSR count). The number of hydrogen-bond donors (Lipinski definition) is 2. The normalized spacial score (nSPS) is 10.9. The Morgan fingerprint density at radius 1 is 1.38 bits per heavy atom. The van der Waals surface area contributed by atoms with Crippen molar-refractivity contribution < 1.29 is 9.84 Å². The van der Waals surface area contributed by atoms with Gasteiger partial charge in [0.15, 0.2) is 11.5 Å². The van der Waals surface area contributed by atoms with Crippen molar-refractivity contribution in [2.75, 3.05) is 12.5 Å². The van der Waals surface area contributed by atoms with Gasteiger partial charge in [0.2, 0.25) is 0 Å². The Hall–Kier alpha value is -1.47. The maximum Gasteiger partial charge on any atom is 0.171 e. The summed E-state index contributed by atoms with van der Waals surface area (Å²) >= 11 is 8.09. The lowest BCUT2D eigenvalue weighted by atomic mass is 10.2. The number of ether oxygens (including phenoxy) is 1. The van der Waals surface area contributed by atoms with Gasteiger partial charge >= 0.3 is 0 Å². The minimum atomic E-state index is 0.133. The molecule has 0 aliphatic heterocycles. The average molecular weight is 417 g/mol. The molecule has 0 spiro atoms. The zero-order valence-corrected chi connectivity index (χ0v) is 14.4. The third-order valence-electron chi connectivity index (χ3n) is 2.94. The predicted octanol–water partition coefficient (Wildman–Crippen LogP) is 4.41. The Balaban J connectivity index is 2.18. The molecule has 0 atom stereocenters. The first-order valence-corrected chi connectivity index (χ1v) is 7.59. The van der Waals surface area contributed by atoms with Gasteiger partial charge in [-0.15, -0.1) is 0 Å². The highest BCUT2D eigenvalue weighted by Crippen LogP contribution is 2.31. The maximum atomic E-state index is 9.79. The summed E-state index contributed by atoms with van der Waals surface area (Å²) in [4.78, 5) is 0. The van der Waals surface area contributed by atoms with Crippen LogP contribution in [0.4, 0.5) is 5.69 Å². The van der Waals surface area contributed by atoms with Crippen LogP contribution in [0.2, 0.25) is 5.02 Å². The van der Waals surface area contributed by atoms with Crippen molar-refractivity contribution in [1.82, 2.24) is 0 Å². The number of rotatable bonds is 4. The van der Waals surface area contributed by atoms with Gasteiger partial charge in [0.25, 0.3) is 0 Å². The van der Waals surface area contributed by atoms with Crippen molar-refractivity contribution in [2.45, 2.75) is 6.92 Å². The molecule has 0 saturated carbocycles. The first-order chi connectivity index (χ1) is 10.0. The summed E-state index contributed by atoms with van der Waals surface area (Å²) in [6.45, 7) is 1.92. The van der Waals surface area contributed by atoms with Crippen LogP contribution in [0.1, 0.15) is 11.1 Å². The van der Waals surface area contributed by atoms with Gasteiger partial charge in [-0.1, -0.05) is 17.7 Å². The van der Waals surface area contributed by atoms with E-state index in [4.69, 9.17) is 16.3 Å². The van der Waals surface area contributed by atoms with Crippen molar-refractivity contribution in [3.8, 4) is 11.5 Å². The quantitative estimate of drug-likeness (QED) is 0.441. The summed E-state index contributed by atoms with van der Waals surface area (Å²) in [6, 6.07) is 9.13. The van der Waals surface area contributed by atoms with Crippen LogP contribution in [0.15, 0.2) is 35.4 Å². The van der Waals surface area contributed by atoms with E-state index in [2.05, 4.69) is 10.5 Å². The molecule has 2 aromatic carbocycles. The van der Waals surface area contributed by atoms with E-state index in [1.165, 1.54) is 7.11 Å². The number of hydrogen-bond acceptors (Lipinski definition) is 4. The molecule has 0 unspecified atom stereocenters. The van der Waals surface area contributed by atoms with Crippen LogP contribution < -0.4 is 10.2 Å². The van der Waals surface area contributed by atoms with E-state index in [9.17, 15) is 5.11 Å². The molecule has 0 aliphatic carbocycles. The second-order valence-corrected chi connectivity index (χ2v) is 5.91. The molecule has 0 aromatic heterocycles. The summed E-state index contributed by atoms with van der Waals surface area (Å²) < 4.78 is 5.81. The van der Waals surface area contributed by atoms with Gasteiger partial charge in [-0.25, -0.2) is 0 Å². The van der Waals surface area contributed by atoms with Crippen molar-refractivity contribution in [3.63, 3.8) is 0 Å². The van der Waals surface area contributed by atoms with Crippen molar-refractivity contribution in [1.29, 1.82) is 0 Å². The number of nitrogens with zero attached hydrogens (tertiary/aromatic N) is 1. The van der Waals surface area contributed by atoms with Crippen molar-refractivity contribution in [2.24, 2.45) is 5.10 Å². The highest BCUT2D eigenvalue weighted by Gasteiger charge is 2.07. The van der Waals surface area contributed by atoms with E-state index in [0.717, 1.165) is 16.8 Å². The van der Waals surface area contributed by atoms with Crippen molar-refractivity contribution in [3.05, 3.63) is 50.1 Å². The first-order valence-electron chi connectivity index (χ1n) is 6.13. The highest BCUT2D eigenvalue weighted by molar-refractivity contribution is 14.1. The van der Waals surface area contributed by atoms with Crippen LogP contribution >= 0.6 is 34.2 Å². The maximum absolute atomic E-state index is 9.79.